The number of likely N-dealkylation sites (tertiary alicyclic amines) is 1. The fraction of sp³-hybridized carbons (Fsp3) is 0.333. The lowest BCUT2D eigenvalue weighted by Gasteiger charge is -2.28. The molecule has 0 radical (unpaired) electrons. The molecule has 1 heterocycles. The second kappa shape index (κ2) is 8.61. The van der Waals surface area contributed by atoms with Crippen LogP contribution in [0.2, 0.25) is 0 Å². The molecule has 1 aliphatic rings. The molecule has 1 amide bonds. The molecule has 1 atom stereocenters. The molecule has 2 aromatic carbocycles. The van der Waals surface area contributed by atoms with E-state index < -0.39 is 17.7 Å². The first kappa shape index (κ1) is 21.4. The predicted octanol–water partition coefficient (Wildman–Crippen LogP) is 4.09. The summed E-state index contributed by atoms with van der Waals surface area (Å²) in [6, 6.07) is 11.6. The van der Waals surface area contributed by atoms with Crippen molar-refractivity contribution in [1.29, 1.82) is 0 Å². The molecule has 0 spiro atoms. The fourth-order valence-corrected chi connectivity index (χ4v) is 3.71. The normalized spacial score (nSPS) is 18.2. The van der Waals surface area contributed by atoms with Crippen LogP contribution in [-0.2, 0) is 9.59 Å². The van der Waals surface area contributed by atoms with E-state index in [9.17, 15) is 14.7 Å². The molecule has 3 rings (SSSR count). The van der Waals surface area contributed by atoms with Gasteiger partial charge < -0.3 is 19.5 Å². The number of ketones is 1. The van der Waals surface area contributed by atoms with Crippen molar-refractivity contribution in [2.75, 3.05) is 20.8 Å². The number of hydrogen-bond acceptors (Lipinski definition) is 5. The summed E-state index contributed by atoms with van der Waals surface area (Å²) in [5.74, 6) is -0.338. The molecule has 0 aliphatic carbocycles. The van der Waals surface area contributed by atoms with Crippen LogP contribution in [-0.4, -0.2) is 42.5 Å². The Kier molecular flexibility index (Phi) is 6.15. The lowest BCUT2D eigenvalue weighted by molar-refractivity contribution is -0.140. The number of carbonyl (C=O) groups is 2. The van der Waals surface area contributed by atoms with Crippen LogP contribution in [0, 0.1) is 12.8 Å². The number of aryl methyl sites for hydroxylation is 1. The van der Waals surface area contributed by atoms with Gasteiger partial charge in [-0.2, -0.15) is 0 Å². The van der Waals surface area contributed by atoms with Crippen LogP contribution in [0.15, 0.2) is 48.0 Å². The second-order valence-corrected chi connectivity index (χ2v) is 7.82. The zero-order valence-electron chi connectivity index (χ0n) is 17.9. The minimum Gasteiger partial charge on any atom is -0.507 e. The number of methoxy groups -OCH3 is 2. The van der Waals surface area contributed by atoms with Gasteiger partial charge in [0.1, 0.15) is 17.3 Å². The summed E-state index contributed by atoms with van der Waals surface area (Å²) in [5, 5.41) is 11.1. The molecule has 1 N–H and O–H groups in total. The molecule has 1 saturated heterocycles. The van der Waals surface area contributed by atoms with E-state index in [0.29, 0.717) is 29.2 Å². The van der Waals surface area contributed by atoms with Crippen molar-refractivity contribution in [2.45, 2.75) is 26.8 Å². The highest BCUT2D eigenvalue weighted by molar-refractivity contribution is 6.46. The number of ether oxygens (including phenoxy) is 2. The number of carbonyl (C=O) groups excluding carboxylic acids is 2. The van der Waals surface area contributed by atoms with Gasteiger partial charge in [0.15, 0.2) is 0 Å². The van der Waals surface area contributed by atoms with Crippen molar-refractivity contribution in [2.24, 2.45) is 5.92 Å². The van der Waals surface area contributed by atoms with Gasteiger partial charge in [-0.25, -0.2) is 0 Å². The molecule has 1 aliphatic heterocycles. The van der Waals surface area contributed by atoms with E-state index in [1.807, 2.05) is 32.9 Å². The van der Waals surface area contributed by atoms with E-state index in [1.165, 1.54) is 12.0 Å². The lowest BCUT2D eigenvalue weighted by Crippen LogP contribution is -2.33. The summed E-state index contributed by atoms with van der Waals surface area (Å²) in [5.41, 5.74) is 2.15. The summed E-state index contributed by atoms with van der Waals surface area (Å²) < 4.78 is 10.9. The van der Waals surface area contributed by atoms with Crippen LogP contribution in [0.25, 0.3) is 5.76 Å². The van der Waals surface area contributed by atoms with Gasteiger partial charge in [0.05, 0.1) is 25.8 Å². The molecule has 6 heteroatoms. The Balaban J connectivity index is 2.27. The number of aliphatic hydroxyl groups is 1. The minimum absolute atomic E-state index is 0.0519. The van der Waals surface area contributed by atoms with E-state index in [1.54, 1.807) is 37.4 Å². The van der Waals surface area contributed by atoms with E-state index in [2.05, 4.69) is 0 Å². The fourth-order valence-electron chi connectivity index (χ4n) is 3.71. The van der Waals surface area contributed by atoms with Crippen molar-refractivity contribution in [1.82, 2.24) is 4.90 Å². The third kappa shape index (κ3) is 3.90. The Hall–Kier alpha value is -3.28. The van der Waals surface area contributed by atoms with Gasteiger partial charge >= 0.3 is 0 Å². The number of rotatable bonds is 6. The smallest absolute Gasteiger partial charge is 0.295 e. The van der Waals surface area contributed by atoms with Crippen molar-refractivity contribution in [3.05, 3.63) is 64.7 Å². The number of hydrogen-bond donors (Lipinski definition) is 1. The number of benzene rings is 2. The van der Waals surface area contributed by atoms with Crippen LogP contribution in [0.4, 0.5) is 0 Å². The topological polar surface area (TPSA) is 76.1 Å². The SMILES string of the molecule is COc1ccc(OC)c([C@H]2C(=C(O)c3ccc(C)cc3)C(=O)C(=O)N2CC(C)C)c1. The van der Waals surface area contributed by atoms with Crippen molar-refractivity contribution in [3.8, 4) is 11.5 Å². The van der Waals surface area contributed by atoms with Gasteiger partial charge in [-0.05, 0) is 31.0 Å². The van der Waals surface area contributed by atoms with E-state index in [4.69, 9.17) is 9.47 Å². The maximum Gasteiger partial charge on any atom is 0.295 e. The molecular formula is C24H27NO5. The molecule has 158 valence electrons. The number of Topliss-reactive ketones (excluding diaryl/α,β-unsaturated/α-hetero) is 1. The van der Waals surface area contributed by atoms with Gasteiger partial charge in [-0.3, -0.25) is 9.59 Å². The highest BCUT2D eigenvalue weighted by Crippen LogP contribution is 2.44. The Labute approximate surface area is 176 Å². The average molecular weight is 409 g/mol. The Morgan fingerprint density at radius 2 is 1.73 bits per heavy atom. The standard InChI is InChI=1S/C24H27NO5/c1-14(2)13-25-21(18-12-17(29-4)10-11-19(18)30-5)20(23(27)24(25)28)22(26)16-8-6-15(3)7-9-16/h6-12,14,21,26H,13H2,1-5H3/t21-/m0/s1. The molecule has 30 heavy (non-hydrogen) atoms. The first-order valence-electron chi connectivity index (χ1n) is 9.85. The van der Waals surface area contributed by atoms with E-state index in [-0.39, 0.29) is 17.3 Å². The predicted molar refractivity (Wildman–Crippen MR) is 115 cm³/mol. The Bertz CT molecular complexity index is 991. The third-order valence-electron chi connectivity index (χ3n) is 5.16. The van der Waals surface area contributed by atoms with E-state index in [0.717, 1.165) is 5.56 Å². The second-order valence-electron chi connectivity index (χ2n) is 7.82. The van der Waals surface area contributed by atoms with Gasteiger partial charge in [-0.15, -0.1) is 0 Å². The summed E-state index contributed by atoms with van der Waals surface area (Å²) in [6.45, 7) is 6.24. The van der Waals surface area contributed by atoms with Crippen molar-refractivity contribution < 1.29 is 24.2 Å². The van der Waals surface area contributed by atoms with Crippen LogP contribution >= 0.6 is 0 Å². The molecular weight excluding hydrogens is 382 g/mol. The summed E-state index contributed by atoms with van der Waals surface area (Å²) in [7, 11) is 3.07. The Morgan fingerprint density at radius 3 is 2.30 bits per heavy atom. The maximum atomic E-state index is 13.0. The van der Waals surface area contributed by atoms with Crippen molar-refractivity contribution >= 4 is 17.4 Å². The van der Waals surface area contributed by atoms with Gasteiger partial charge in [0.2, 0.25) is 0 Å². The monoisotopic (exact) mass is 409 g/mol. The molecule has 1 fully saturated rings. The molecule has 6 nitrogen and oxygen atoms in total. The zero-order valence-corrected chi connectivity index (χ0v) is 17.9. The van der Waals surface area contributed by atoms with Crippen LogP contribution in [0.3, 0.4) is 0 Å². The van der Waals surface area contributed by atoms with Crippen LogP contribution in [0.5, 0.6) is 11.5 Å². The highest BCUT2D eigenvalue weighted by atomic mass is 16.5. The average Bonchev–Trinajstić information content (AvgIpc) is 2.97. The maximum absolute atomic E-state index is 13.0. The van der Waals surface area contributed by atoms with Gasteiger partial charge in [0, 0.05) is 17.7 Å². The number of nitrogens with zero attached hydrogens (tertiary/aromatic N) is 1. The first-order valence-corrected chi connectivity index (χ1v) is 9.85. The first-order chi connectivity index (χ1) is 14.3. The summed E-state index contributed by atoms with van der Waals surface area (Å²) in [6.07, 6.45) is 0. The molecule has 2 aromatic rings. The largest absolute Gasteiger partial charge is 0.507 e. The number of aliphatic hydroxyl groups excluding tert-OH is 1. The molecule has 0 unspecified atom stereocenters. The summed E-state index contributed by atoms with van der Waals surface area (Å²) >= 11 is 0. The lowest BCUT2D eigenvalue weighted by atomic mass is 9.94. The van der Waals surface area contributed by atoms with Crippen molar-refractivity contribution in [3.63, 3.8) is 0 Å². The third-order valence-corrected chi connectivity index (χ3v) is 5.16. The zero-order chi connectivity index (χ0) is 22.0. The van der Waals surface area contributed by atoms with Gasteiger partial charge in [-0.1, -0.05) is 43.7 Å². The highest BCUT2D eigenvalue weighted by Gasteiger charge is 2.47. The molecule has 0 saturated carbocycles. The molecule has 0 bridgehead atoms. The van der Waals surface area contributed by atoms with Crippen LogP contribution < -0.4 is 9.47 Å². The van der Waals surface area contributed by atoms with Gasteiger partial charge in [0.25, 0.3) is 11.7 Å². The summed E-state index contributed by atoms with van der Waals surface area (Å²) in [4.78, 5) is 27.5. The quantitative estimate of drug-likeness (QED) is 0.442. The number of amides is 1. The minimum atomic E-state index is -0.779. The Morgan fingerprint density at radius 1 is 1.07 bits per heavy atom. The van der Waals surface area contributed by atoms with Crippen LogP contribution in [0.1, 0.15) is 36.6 Å². The van der Waals surface area contributed by atoms with E-state index >= 15 is 0 Å². The molecule has 0 aromatic heterocycles.